The van der Waals surface area contributed by atoms with Gasteiger partial charge in [0.15, 0.2) is 0 Å². The average molecular weight is 310 g/mol. The van der Waals surface area contributed by atoms with E-state index in [0.717, 1.165) is 6.54 Å². The van der Waals surface area contributed by atoms with E-state index in [9.17, 15) is 0 Å². The summed E-state index contributed by atoms with van der Waals surface area (Å²) < 4.78 is 2.93. The van der Waals surface area contributed by atoms with Crippen LogP contribution in [-0.4, -0.2) is 29.3 Å². The molecule has 0 bridgehead atoms. The van der Waals surface area contributed by atoms with Crippen LogP contribution in [0.15, 0.2) is 60.7 Å². The molecule has 1 atom stereocenters. The Labute approximate surface area is 137 Å². The highest BCUT2D eigenvalue weighted by atomic mass is 32.2. The van der Waals surface area contributed by atoms with Crippen molar-refractivity contribution in [1.82, 2.24) is 4.90 Å². The monoisotopic (exact) mass is 310 g/mol. The first kappa shape index (κ1) is 14.2. The molecule has 22 heavy (non-hydrogen) atoms. The molecule has 2 aliphatic heterocycles. The van der Waals surface area contributed by atoms with E-state index in [4.69, 9.17) is 0 Å². The lowest BCUT2D eigenvalue weighted by Crippen LogP contribution is -2.28. The van der Waals surface area contributed by atoms with Gasteiger partial charge in [0.25, 0.3) is 0 Å². The minimum Gasteiger partial charge on any atom is -0.316 e. The zero-order valence-corrected chi connectivity index (χ0v) is 13.6. The van der Waals surface area contributed by atoms with E-state index in [-0.39, 0.29) is 0 Å². The fraction of sp³-hybridized carbons (Fsp3) is 0.368. The SMILES string of the molecule is c1ccc(CN2CCC3(CCN(c4ccccc4)S3)C2)cc1. The number of anilines is 1. The maximum absolute atomic E-state index is 2.62. The van der Waals surface area contributed by atoms with Gasteiger partial charge in [0, 0.05) is 25.3 Å². The first-order valence-corrected chi connectivity index (χ1v) is 8.88. The molecule has 1 spiro atoms. The number of nitrogens with zero attached hydrogens (tertiary/aromatic N) is 2. The molecule has 2 saturated heterocycles. The van der Waals surface area contributed by atoms with Gasteiger partial charge in [0.1, 0.15) is 0 Å². The summed E-state index contributed by atoms with van der Waals surface area (Å²) in [6, 6.07) is 21.7. The second kappa shape index (κ2) is 5.98. The Bertz CT molecular complexity index is 616. The highest BCUT2D eigenvalue weighted by Crippen LogP contribution is 2.47. The topological polar surface area (TPSA) is 6.48 Å². The summed E-state index contributed by atoms with van der Waals surface area (Å²) in [6.07, 6.45) is 2.62. The zero-order valence-electron chi connectivity index (χ0n) is 12.8. The van der Waals surface area contributed by atoms with E-state index in [0.29, 0.717) is 4.75 Å². The van der Waals surface area contributed by atoms with E-state index < -0.39 is 0 Å². The Balaban J connectivity index is 1.40. The summed E-state index contributed by atoms with van der Waals surface area (Å²) in [5, 5.41) is 0. The molecule has 4 rings (SSSR count). The van der Waals surface area contributed by atoms with Crippen molar-refractivity contribution in [1.29, 1.82) is 0 Å². The fourth-order valence-corrected chi connectivity index (χ4v) is 5.07. The van der Waals surface area contributed by atoms with Gasteiger partial charge >= 0.3 is 0 Å². The van der Waals surface area contributed by atoms with Gasteiger partial charge in [-0.15, -0.1) is 0 Å². The Kier molecular flexibility index (Phi) is 3.85. The van der Waals surface area contributed by atoms with Crippen molar-refractivity contribution < 1.29 is 0 Å². The van der Waals surface area contributed by atoms with E-state index in [2.05, 4.69) is 81.8 Å². The first-order chi connectivity index (χ1) is 10.8. The summed E-state index contributed by atoms with van der Waals surface area (Å²) in [6.45, 7) is 4.71. The Morgan fingerprint density at radius 1 is 0.864 bits per heavy atom. The lowest BCUT2D eigenvalue weighted by molar-refractivity contribution is 0.322. The molecule has 2 nitrogen and oxygen atoms in total. The number of benzene rings is 2. The van der Waals surface area contributed by atoms with Gasteiger partial charge in [-0.2, -0.15) is 0 Å². The third-order valence-electron chi connectivity index (χ3n) is 4.76. The van der Waals surface area contributed by atoms with Crippen molar-refractivity contribution in [2.45, 2.75) is 24.1 Å². The van der Waals surface area contributed by atoms with Crippen molar-refractivity contribution in [3.63, 3.8) is 0 Å². The minimum absolute atomic E-state index is 0.435. The molecule has 2 aromatic carbocycles. The molecule has 0 aliphatic carbocycles. The standard InChI is InChI=1S/C19H22N2S/c1-3-7-17(8-4-1)15-20-13-11-19(16-20)12-14-21(22-19)18-9-5-2-6-10-18/h1-10H,11-16H2. The Morgan fingerprint density at radius 3 is 2.32 bits per heavy atom. The van der Waals surface area contributed by atoms with Crippen LogP contribution in [0.5, 0.6) is 0 Å². The first-order valence-electron chi connectivity index (χ1n) is 8.11. The van der Waals surface area contributed by atoms with Crippen LogP contribution in [0.25, 0.3) is 0 Å². The van der Waals surface area contributed by atoms with Gasteiger partial charge < -0.3 is 4.31 Å². The van der Waals surface area contributed by atoms with Crippen molar-refractivity contribution >= 4 is 17.6 Å². The molecule has 0 saturated carbocycles. The second-order valence-corrected chi connectivity index (χ2v) is 7.90. The lowest BCUT2D eigenvalue weighted by atomic mass is 10.0. The van der Waals surface area contributed by atoms with Gasteiger partial charge in [-0.3, -0.25) is 4.90 Å². The van der Waals surface area contributed by atoms with Crippen molar-refractivity contribution in [2.24, 2.45) is 0 Å². The summed E-state index contributed by atoms with van der Waals surface area (Å²) in [5.74, 6) is 0. The quantitative estimate of drug-likeness (QED) is 0.785. The average Bonchev–Trinajstić information content (AvgIpc) is 3.17. The molecule has 0 aromatic heterocycles. The van der Waals surface area contributed by atoms with E-state index >= 15 is 0 Å². The highest BCUT2D eigenvalue weighted by molar-refractivity contribution is 8.02. The molecule has 114 valence electrons. The molecule has 0 radical (unpaired) electrons. The summed E-state index contributed by atoms with van der Waals surface area (Å²) >= 11 is 2.08. The maximum Gasteiger partial charge on any atom is 0.0515 e. The molecular weight excluding hydrogens is 288 g/mol. The van der Waals surface area contributed by atoms with Crippen LogP contribution in [0.2, 0.25) is 0 Å². The number of hydrogen-bond donors (Lipinski definition) is 0. The van der Waals surface area contributed by atoms with Crippen molar-refractivity contribution in [3.8, 4) is 0 Å². The van der Waals surface area contributed by atoms with Gasteiger partial charge in [0.05, 0.1) is 4.75 Å². The van der Waals surface area contributed by atoms with Gasteiger partial charge in [-0.05, 0) is 49.0 Å². The predicted octanol–water partition coefficient (Wildman–Crippen LogP) is 4.19. The highest BCUT2D eigenvalue weighted by Gasteiger charge is 2.44. The van der Waals surface area contributed by atoms with Crippen molar-refractivity contribution in [3.05, 3.63) is 66.2 Å². The van der Waals surface area contributed by atoms with E-state index in [1.54, 1.807) is 0 Å². The normalized spacial score (nSPS) is 25.2. The number of rotatable bonds is 3. The third-order valence-corrected chi connectivity index (χ3v) is 6.30. The van der Waals surface area contributed by atoms with Crippen LogP contribution in [0.3, 0.4) is 0 Å². The van der Waals surface area contributed by atoms with Crippen LogP contribution in [0.1, 0.15) is 18.4 Å². The van der Waals surface area contributed by atoms with Crippen LogP contribution in [0, 0.1) is 0 Å². The molecule has 0 N–H and O–H groups in total. The predicted molar refractivity (Wildman–Crippen MR) is 95.1 cm³/mol. The molecular formula is C19H22N2S. The molecule has 2 aliphatic rings. The molecule has 3 heteroatoms. The van der Waals surface area contributed by atoms with Gasteiger partial charge in [-0.1, -0.05) is 48.5 Å². The Morgan fingerprint density at radius 2 is 1.55 bits per heavy atom. The van der Waals surface area contributed by atoms with Gasteiger partial charge in [-0.25, -0.2) is 0 Å². The fourth-order valence-electron chi connectivity index (χ4n) is 3.59. The maximum atomic E-state index is 2.62. The Hall–Kier alpha value is -1.45. The lowest BCUT2D eigenvalue weighted by Gasteiger charge is -2.24. The van der Waals surface area contributed by atoms with Crippen molar-refractivity contribution in [2.75, 3.05) is 23.9 Å². The summed E-state index contributed by atoms with van der Waals surface area (Å²) in [7, 11) is 0. The minimum atomic E-state index is 0.435. The summed E-state index contributed by atoms with van der Waals surface area (Å²) in [5.41, 5.74) is 2.79. The summed E-state index contributed by atoms with van der Waals surface area (Å²) in [4.78, 5) is 2.62. The molecule has 1 unspecified atom stereocenters. The zero-order chi connectivity index (χ0) is 14.8. The van der Waals surface area contributed by atoms with Gasteiger partial charge in [0.2, 0.25) is 0 Å². The van der Waals surface area contributed by atoms with E-state index in [1.165, 1.54) is 43.7 Å². The van der Waals surface area contributed by atoms with E-state index in [1.807, 2.05) is 0 Å². The van der Waals surface area contributed by atoms with Crippen LogP contribution < -0.4 is 4.31 Å². The number of hydrogen-bond acceptors (Lipinski definition) is 3. The van der Waals surface area contributed by atoms with Crippen LogP contribution in [0.4, 0.5) is 5.69 Å². The second-order valence-electron chi connectivity index (χ2n) is 6.41. The largest absolute Gasteiger partial charge is 0.316 e. The number of para-hydroxylation sites is 1. The number of likely N-dealkylation sites (tertiary alicyclic amines) is 1. The molecule has 2 aromatic rings. The van der Waals surface area contributed by atoms with Crippen LogP contribution >= 0.6 is 11.9 Å². The molecule has 0 amide bonds. The van der Waals surface area contributed by atoms with Crippen LogP contribution in [-0.2, 0) is 6.54 Å². The molecule has 2 fully saturated rings. The third kappa shape index (κ3) is 2.88. The molecule has 2 heterocycles. The smallest absolute Gasteiger partial charge is 0.0515 e.